The number of unbranched alkanes of at least 4 members (excludes halogenated alkanes) is 1. The molecule has 21 heavy (non-hydrogen) atoms. The number of carbonyl (C=O) groups excluding carboxylic acids is 2. The minimum absolute atomic E-state index is 0.0461. The molecule has 0 N–H and O–H groups in total. The zero-order valence-electron chi connectivity index (χ0n) is 12.1. The van der Waals surface area contributed by atoms with Crippen LogP contribution in [0.3, 0.4) is 0 Å². The third kappa shape index (κ3) is 4.46. The van der Waals surface area contributed by atoms with Crippen molar-refractivity contribution in [1.82, 2.24) is 9.80 Å². The van der Waals surface area contributed by atoms with E-state index in [4.69, 9.17) is 11.6 Å². The van der Waals surface area contributed by atoms with Crippen LogP contribution in [0.4, 0.5) is 0 Å². The van der Waals surface area contributed by atoms with E-state index in [1.165, 1.54) is 0 Å². The maximum absolute atomic E-state index is 12.3. The highest BCUT2D eigenvalue weighted by Crippen LogP contribution is 2.10. The molecule has 0 spiro atoms. The van der Waals surface area contributed by atoms with Crippen molar-refractivity contribution in [1.29, 1.82) is 0 Å². The van der Waals surface area contributed by atoms with Gasteiger partial charge < -0.3 is 9.80 Å². The lowest BCUT2D eigenvalue weighted by Gasteiger charge is -2.35. The van der Waals surface area contributed by atoms with Crippen LogP contribution in [0.1, 0.15) is 29.6 Å². The average molecular weight is 309 g/mol. The monoisotopic (exact) mass is 308 g/mol. The molecule has 0 aromatic heterocycles. The summed E-state index contributed by atoms with van der Waals surface area (Å²) in [4.78, 5) is 28.0. The normalized spacial score (nSPS) is 15.1. The number of amides is 2. The highest BCUT2D eigenvalue weighted by atomic mass is 35.5. The Kier molecular flexibility index (Phi) is 6.05. The van der Waals surface area contributed by atoms with E-state index in [0.717, 1.165) is 12.8 Å². The van der Waals surface area contributed by atoms with Crippen LogP contribution in [0.15, 0.2) is 30.3 Å². The molecular formula is C16H21ClN2O2. The number of nitrogens with zero attached hydrogens (tertiary/aromatic N) is 2. The maximum Gasteiger partial charge on any atom is 0.253 e. The largest absolute Gasteiger partial charge is 0.339 e. The van der Waals surface area contributed by atoms with Gasteiger partial charge in [-0.3, -0.25) is 9.59 Å². The van der Waals surface area contributed by atoms with E-state index in [9.17, 15) is 9.59 Å². The molecule has 1 fully saturated rings. The van der Waals surface area contributed by atoms with Gasteiger partial charge in [0.1, 0.15) is 0 Å². The second-order valence-corrected chi connectivity index (χ2v) is 5.56. The quantitative estimate of drug-likeness (QED) is 0.619. The topological polar surface area (TPSA) is 40.6 Å². The molecule has 0 saturated carbocycles. The number of hydrogen-bond donors (Lipinski definition) is 0. The molecule has 5 heteroatoms. The summed E-state index contributed by atoms with van der Waals surface area (Å²) >= 11 is 5.61. The summed E-state index contributed by atoms with van der Waals surface area (Å²) in [5.41, 5.74) is 0.708. The molecule has 4 nitrogen and oxygen atoms in total. The van der Waals surface area contributed by atoms with Gasteiger partial charge in [0.15, 0.2) is 0 Å². The van der Waals surface area contributed by atoms with Crippen molar-refractivity contribution >= 4 is 23.4 Å². The Labute approximate surface area is 130 Å². The Morgan fingerprint density at radius 3 is 2.19 bits per heavy atom. The Morgan fingerprint density at radius 2 is 1.57 bits per heavy atom. The van der Waals surface area contributed by atoms with E-state index >= 15 is 0 Å². The molecule has 1 heterocycles. The molecular weight excluding hydrogens is 288 g/mol. The summed E-state index contributed by atoms with van der Waals surface area (Å²) in [6, 6.07) is 9.28. The molecule has 0 atom stereocenters. The van der Waals surface area contributed by atoms with Crippen molar-refractivity contribution in [2.45, 2.75) is 19.3 Å². The van der Waals surface area contributed by atoms with Gasteiger partial charge in [0.05, 0.1) is 0 Å². The zero-order valence-corrected chi connectivity index (χ0v) is 12.9. The number of halogens is 1. The lowest BCUT2D eigenvalue weighted by atomic mass is 10.1. The SMILES string of the molecule is O=C(CCCCCl)N1CCN(C(=O)c2ccccc2)CC1. The summed E-state index contributed by atoms with van der Waals surface area (Å²) in [5.74, 6) is 0.823. The van der Waals surface area contributed by atoms with E-state index < -0.39 is 0 Å². The number of rotatable bonds is 5. The zero-order chi connectivity index (χ0) is 15.1. The summed E-state index contributed by atoms with van der Waals surface area (Å²) in [5, 5.41) is 0. The van der Waals surface area contributed by atoms with Crippen LogP contribution in [0.5, 0.6) is 0 Å². The number of alkyl halides is 1. The third-order valence-corrected chi connectivity index (χ3v) is 3.98. The van der Waals surface area contributed by atoms with Crippen LogP contribution in [-0.2, 0) is 4.79 Å². The summed E-state index contributed by atoms with van der Waals surface area (Å²) in [6.45, 7) is 2.46. The fourth-order valence-corrected chi connectivity index (χ4v) is 2.64. The highest BCUT2D eigenvalue weighted by molar-refractivity contribution is 6.17. The molecule has 1 aliphatic rings. The Morgan fingerprint density at radius 1 is 0.952 bits per heavy atom. The highest BCUT2D eigenvalue weighted by Gasteiger charge is 2.24. The Bertz CT molecular complexity index is 470. The van der Waals surface area contributed by atoms with Gasteiger partial charge in [0, 0.05) is 44.0 Å². The number of piperazine rings is 1. The Hall–Kier alpha value is -1.55. The fraction of sp³-hybridized carbons (Fsp3) is 0.500. The van der Waals surface area contributed by atoms with Crippen molar-refractivity contribution in [3.63, 3.8) is 0 Å². The van der Waals surface area contributed by atoms with Crippen LogP contribution in [-0.4, -0.2) is 53.7 Å². The van der Waals surface area contributed by atoms with Crippen LogP contribution in [0, 0.1) is 0 Å². The molecule has 1 saturated heterocycles. The number of benzene rings is 1. The van der Waals surface area contributed by atoms with Crippen molar-refractivity contribution in [3.8, 4) is 0 Å². The van der Waals surface area contributed by atoms with Crippen molar-refractivity contribution in [2.75, 3.05) is 32.1 Å². The summed E-state index contributed by atoms with van der Waals surface area (Å²) in [7, 11) is 0. The average Bonchev–Trinajstić information content (AvgIpc) is 2.55. The van der Waals surface area contributed by atoms with Gasteiger partial charge in [0.2, 0.25) is 5.91 Å². The first-order valence-corrected chi connectivity index (χ1v) is 7.94. The van der Waals surface area contributed by atoms with Gasteiger partial charge in [-0.1, -0.05) is 18.2 Å². The molecule has 114 valence electrons. The van der Waals surface area contributed by atoms with Crippen LogP contribution < -0.4 is 0 Å². The lowest BCUT2D eigenvalue weighted by molar-refractivity contribution is -0.132. The predicted octanol–water partition coefficient (Wildman–Crippen LogP) is 2.38. The van der Waals surface area contributed by atoms with Gasteiger partial charge >= 0.3 is 0 Å². The maximum atomic E-state index is 12.3. The second kappa shape index (κ2) is 8.03. The molecule has 0 unspecified atom stereocenters. The molecule has 1 aliphatic heterocycles. The molecule has 0 radical (unpaired) electrons. The van der Waals surface area contributed by atoms with E-state index in [2.05, 4.69) is 0 Å². The van der Waals surface area contributed by atoms with Crippen LogP contribution in [0.2, 0.25) is 0 Å². The Balaban J connectivity index is 1.80. The molecule has 1 aromatic rings. The smallest absolute Gasteiger partial charge is 0.253 e. The minimum Gasteiger partial charge on any atom is -0.339 e. The molecule has 0 bridgehead atoms. The summed E-state index contributed by atoms with van der Waals surface area (Å²) in [6.07, 6.45) is 2.27. The molecule has 2 rings (SSSR count). The first-order chi connectivity index (χ1) is 10.2. The number of carbonyl (C=O) groups is 2. The fourth-order valence-electron chi connectivity index (χ4n) is 2.45. The van der Waals surface area contributed by atoms with Gasteiger partial charge in [0.25, 0.3) is 5.91 Å². The van der Waals surface area contributed by atoms with Crippen molar-refractivity contribution < 1.29 is 9.59 Å². The van der Waals surface area contributed by atoms with Gasteiger partial charge in [-0.25, -0.2) is 0 Å². The van der Waals surface area contributed by atoms with Gasteiger partial charge in [-0.05, 0) is 25.0 Å². The van der Waals surface area contributed by atoms with Crippen molar-refractivity contribution in [3.05, 3.63) is 35.9 Å². The van der Waals surface area contributed by atoms with Crippen LogP contribution >= 0.6 is 11.6 Å². The summed E-state index contributed by atoms with van der Waals surface area (Å²) < 4.78 is 0. The first-order valence-electron chi connectivity index (χ1n) is 7.40. The molecule has 1 aromatic carbocycles. The third-order valence-electron chi connectivity index (χ3n) is 3.71. The van der Waals surface area contributed by atoms with E-state index in [1.807, 2.05) is 40.1 Å². The predicted molar refractivity (Wildman–Crippen MR) is 83.5 cm³/mol. The standard InChI is InChI=1S/C16H21ClN2O2/c17-9-5-4-8-15(20)18-10-12-19(13-11-18)16(21)14-6-2-1-3-7-14/h1-3,6-7H,4-5,8-13H2. The molecule has 2 amide bonds. The number of hydrogen-bond acceptors (Lipinski definition) is 2. The van der Waals surface area contributed by atoms with Crippen molar-refractivity contribution in [2.24, 2.45) is 0 Å². The minimum atomic E-state index is 0.0461. The van der Waals surface area contributed by atoms with E-state index in [0.29, 0.717) is 44.0 Å². The second-order valence-electron chi connectivity index (χ2n) is 5.19. The van der Waals surface area contributed by atoms with E-state index in [1.54, 1.807) is 0 Å². The lowest BCUT2D eigenvalue weighted by Crippen LogP contribution is -2.50. The van der Waals surface area contributed by atoms with Gasteiger partial charge in [-0.15, -0.1) is 11.6 Å². The first kappa shape index (κ1) is 15.8. The molecule has 0 aliphatic carbocycles. The van der Waals surface area contributed by atoms with Gasteiger partial charge in [-0.2, -0.15) is 0 Å². The van der Waals surface area contributed by atoms with E-state index in [-0.39, 0.29) is 11.8 Å². The van der Waals surface area contributed by atoms with Crippen LogP contribution in [0.25, 0.3) is 0 Å².